The number of hydrogen-bond donors (Lipinski definition) is 4. The topological polar surface area (TPSA) is 99.4 Å². The summed E-state index contributed by atoms with van der Waals surface area (Å²) in [5.41, 5.74) is 0. The van der Waals surface area contributed by atoms with Crippen molar-refractivity contribution in [3.8, 4) is 0 Å². The summed E-state index contributed by atoms with van der Waals surface area (Å²) in [6, 6.07) is 0. The molecule has 1 fully saturated rings. The molecule has 1 aliphatic heterocycles. The lowest BCUT2D eigenvalue weighted by Gasteiger charge is -2.41. The molecule has 1 saturated heterocycles. The van der Waals surface area contributed by atoms with Crippen LogP contribution >= 0.6 is 0 Å². The van der Waals surface area contributed by atoms with Crippen LogP contribution in [0.4, 0.5) is 0 Å². The van der Waals surface area contributed by atoms with Crippen molar-refractivity contribution in [2.24, 2.45) is 0 Å². The first-order valence-electron chi connectivity index (χ1n) is 7.49. The molecule has 0 radical (unpaired) electrons. The molecular formula is C14H28O6. The van der Waals surface area contributed by atoms with E-state index < -0.39 is 24.1 Å². The van der Waals surface area contributed by atoms with Gasteiger partial charge in [0.05, 0.1) is 6.61 Å². The van der Waals surface area contributed by atoms with Crippen LogP contribution in [0.2, 0.25) is 0 Å². The summed E-state index contributed by atoms with van der Waals surface area (Å²) in [6.45, 7) is 2.20. The number of ether oxygens (including phenoxy) is 2. The summed E-state index contributed by atoms with van der Waals surface area (Å²) in [5, 5.41) is 38.5. The van der Waals surface area contributed by atoms with E-state index in [1.54, 1.807) is 0 Å². The van der Waals surface area contributed by atoms with E-state index in [9.17, 15) is 20.4 Å². The molecule has 6 heteroatoms. The lowest BCUT2D eigenvalue weighted by atomic mass is 9.97. The average molecular weight is 292 g/mol. The highest BCUT2D eigenvalue weighted by molar-refractivity contribution is 4.91. The molecule has 0 aliphatic carbocycles. The van der Waals surface area contributed by atoms with Crippen molar-refractivity contribution in [3.05, 3.63) is 0 Å². The normalized spacial score (nSPS) is 34.4. The van der Waals surface area contributed by atoms with E-state index in [1.165, 1.54) is 25.7 Å². The molecule has 0 amide bonds. The van der Waals surface area contributed by atoms with Gasteiger partial charge in [0.15, 0.2) is 0 Å². The lowest BCUT2D eigenvalue weighted by Crippen LogP contribution is -2.62. The fraction of sp³-hybridized carbons (Fsp3) is 1.00. The van der Waals surface area contributed by atoms with E-state index >= 15 is 0 Å². The number of aliphatic hydroxyl groups is 4. The van der Waals surface area contributed by atoms with Crippen LogP contribution in [0, 0.1) is 0 Å². The summed E-state index contributed by atoms with van der Waals surface area (Å²) in [4.78, 5) is 0. The van der Waals surface area contributed by atoms with Gasteiger partial charge in [0.1, 0.15) is 24.9 Å². The van der Waals surface area contributed by atoms with E-state index in [0.29, 0.717) is 6.61 Å². The van der Waals surface area contributed by atoms with Gasteiger partial charge in [-0.1, -0.05) is 39.0 Å². The van der Waals surface area contributed by atoms with Gasteiger partial charge >= 0.3 is 0 Å². The van der Waals surface area contributed by atoms with Crippen molar-refractivity contribution in [2.45, 2.75) is 69.5 Å². The average Bonchev–Trinajstić information content (AvgIpc) is 2.44. The molecule has 1 heterocycles. The van der Waals surface area contributed by atoms with Gasteiger partial charge in [-0.15, -0.1) is 0 Å². The number of hydrogen-bond acceptors (Lipinski definition) is 6. The molecule has 1 rings (SSSR count). The van der Waals surface area contributed by atoms with Crippen molar-refractivity contribution in [3.63, 3.8) is 0 Å². The first kappa shape index (κ1) is 17.8. The zero-order valence-corrected chi connectivity index (χ0v) is 12.2. The van der Waals surface area contributed by atoms with Crippen LogP contribution in [0.3, 0.4) is 0 Å². The van der Waals surface area contributed by atoms with Crippen LogP contribution in [-0.2, 0) is 9.47 Å². The Morgan fingerprint density at radius 3 is 2.45 bits per heavy atom. The van der Waals surface area contributed by atoms with Gasteiger partial charge in [-0.05, 0) is 6.42 Å². The third kappa shape index (κ3) is 5.27. The Balaban J connectivity index is 2.14. The van der Waals surface area contributed by atoms with Gasteiger partial charge in [0.2, 0.25) is 5.79 Å². The van der Waals surface area contributed by atoms with Crippen molar-refractivity contribution in [1.82, 2.24) is 0 Å². The van der Waals surface area contributed by atoms with Gasteiger partial charge in [-0.3, -0.25) is 0 Å². The molecule has 0 aromatic carbocycles. The standard InChI is InChI=1S/C14H28O6/c1-2-3-4-5-6-7-8-19-10-14(18)13(17)12(16)11(15)9-20-14/h11-13,15-18H,2-10H2,1H3/t11-,12-,13+,14-/m1/s1. The molecule has 0 unspecified atom stereocenters. The number of rotatable bonds is 9. The van der Waals surface area contributed by atoms with E-state index in [2.05, 4.69) is 6.92 Å². The van der Waals surface area contributed by atoms with Crippen LogP contribution in [0.5, 0.6) is 0 Å². The van der Waals surface area contributed by atoms with Crippen LogP contribution in [-0.4, -0.2) is 64.3 Å². The van der Waals surface area contributed by atoms with Gasteiger partial charge < -0.3 is 29.9 Å². The second kappa shape index (κ2) is 8.92. The lowest BCUT2D eigenvalue weighted by molar-refractivity contribution is -0.335. The molecule has 4 N–H and O–H groups in total. The highest BCUT2D eigenvalue weighted by Crippen LogP contribution is 2.24. The molecule has 0 aromatic heterocycles. The largest absolute Gasteiger partial charge is 0.388 e. The maximum Gasteiger partial charge on any atom is 0.219 e. The van der Waals surface area contributed by atoms with Crippen LogP contribution in [0.15, 0.2) is 0 Å². The molecule has 6 nitrogen and oxygen atoms in total. The fourth-order valence-corrected chi connectivity index (χ4v) is 2.22. The Morgan fingerprint density at radius 2 is 1.75 bits per heavy atom. The van der Waals surface area contributed by atoms with Crippen molar-refractivity contribution < 1.29 is 29.9 Å². The van der Waals surface area contributed by atoms with Crippen LogP contribution in [0.25, 0.3) is 0 Å². The second-order valence-electron chi connectivity index (χ2n) is 5.48. The molecule has 120 valence electrons. The molecule has 0 aromatic rings. The summed E-state index contributed by atoms with van der Waals surface area (Å²) >= 11 is 0. The maximum absolute atomic E-state index is 10.0. The Hall–Kier alpha value is -0.240. The SMILES string of the molecule is CCCCCCCCOC[C@@]1(O)OC[C@@H](O)[C@@H](O)[C@@H]1O. The van der Waals surface area contributed by atoms with Crippen molar-refractivity contribution >= 4 is 0 Å². The minimum absolute atomic E-state index is 0.215. The number of unbranched alkanes of at least 4 members (excludes halogenated alkanes) is 5. The zero-order chi connectivity index (χ0) is 15.0. The highest BCUT2D eigenvalue weighted by atomic mass is 16.7. The van der Waals surface area contributed by atoms with Gasteiger partial charge in [0.25, 0.3) is 0 Å². The van der Waals surface area contributed by atoms with Gasteiger partial charge in [-0.2, -0.15) is 0 Å². The first-order valence-corrected chi connectivity index (χ1v) is 7.49. The molecular weight excluding hydrogens is 264 g/mol. The minimum Gasteiger partial charge on any atom is -0.388 e. The predicted molar refractivity (Wildman–Crippen MR) is 73.1 cm³/mol. The van der Waals surface area contributed by atoms with E-state index in [0.717, 1.165) is 12.8 Å². The Morgan fingerprint density at radius 1 is 1.10 bits per heavy atom. The molecule has 0 bridgehead atoms. The fourth-order valence-electron chi connectivity index (χ4n) is 2.22. The van der Waals surface area contributed by atoms with Gasteiger partial charge in [-0.25, -0.2) is 0 Å². The summed E-state index contributed by atoms with van der Waals surface area (Å²) in [7, 11) is 0. The van der Waals surface area contributed by atoms with E-state index in [4.69, 9.17) is 9.47 Å². The monoisotopic (exact) mass is 292 g/mol. The predicted octanol–water partition coefficient (Wildman–Crippen LogP) is 0.165. The number of aliphatic hydroxyl groups excluding tert-OH is 3. The Labute approximate surface area is 120 Å². The third-order valence-electron chi connectivity index (χ3n) is 3.64. The maximum atomic E-state index is 10.0. The summed E-state index contributed by atoms with van der Waals surface area (Å²) < 4.78 is 10.3. The highest BCUT2D eigenvalue weighted by Gasteiger charge is 2.48. The minimum atomic E-state index is -1.94. The Bertz CT molecular complexity index is 262. The van der Waals surface area contributed by atoms with Crippen LogP contribution in [0.1, 0.15) is 45.4 Å². The van der Waals surface area contributed by atoms with E-state index in [-0.39, 0.29) is 13.2 Å². The second-order valence-corrected chi connectivity index (χ2v) is 5.48. The van der Waals surface area contributed by atoms with Gasteiger partial charge in [0, 0.05) is 6.61 Å². The Kier molecular flexibility index (Phi) is 7.94. The first-order chi connectivity index (χ1) is 9.51. The molecule has 1 aliphatic rings. The van der Waals surface area contributed by atoms with Crippen molar-refractivity contribution in [2.75, 3.05) is 19.8 Å². The quantitative estimate of drug-likeness (QED) is 0.452. The third-order valence-corrected chi connectivity index (χ3v) is 3.64. The smallest absolute Gasteiger partial charge is 0.219 e. The molecule has 20 heavy (non-hydrogen) atoms. The molecule has 0 saturated carbocycles. The summed E-state index contributed by atoms with van der Waals surface area (Å²) in [5.74, 6) is -1.94. The molecule has 0 spiro atoms. The van der Waals surface area contributed by atoms with Crippen LogP contribution < -0.4 is 0 Å². The summed E-state index contributed by atoms with van der Waals surface area (Å²) in [6.07, 6.45) is 2.64. The van der Waals surface area contributed by atoms with Crippen molar-refractivity contribution in [1.29, 1.82) is 0 Å². The van der Waals surface area contributed by atoms with E-state index in [1.807, 2.05) is 0 Å². The zero-order valence-electron chi connectivity index (χ0n) is 12.2. The molecule has 4 atom stereocenters.